The largest absolute Gasteiger partial charge is 0.462 e. The number of fused-ring (bicyclic) bond motifs is 1. The van der Waals surface area contributed by atoms with E-state index < -0.39 is 0 Å². The minimum Gasteiger partial charge on any atom is -0.462 e. The monoisotopic (exact) mass is 339 g/mol. The van der Waals surface area contributed by atoms with Gasteiger partial charge in [0.1, 0.15) is 0 Å². The van der Waals surface area contributed by atoms with Crippen LogP contribution in [0.5, 0.6) is 0 Å². The minimum atomic E-state index is -0.349. The molecule has 0 bridgehead atoms. The number of carbonyl (C=O) groups is 1. The second-order valence-electron chi connectivity index (χ2n) is 5.06. The van der Waals surface area contributed by atoms with Crippen molar-refractivity contribution in [2.24, 2.45) is 0 Å². The van der Waals surface area contributed by atoms with Crippen LogP contribution in [0.15, 0.2) is 60.8 Å². The average molecular weight is 340 g/mol. The van der Waals surface area contributed by atoms with Crippen molar-refractivity contribution in [1.82, 2.24) is 4.98 Å². The SMILES string of the molecule is CCOC(=O)c1cccnc1/C=C/c1cccc2ccccc12.Cl. The maximum Gasteiger partial charge on any atom is 0.340 e. The third-order valence-electron chi connectivity index (χ3n) is 3.58. The lowest BCUT2D eigenvalue weighted by atomic mass is 10.0. The molecule has 0 radical (unpaired) electrons. The van der Waals surface area contributed by atoms with E-state index >= 15 is 0 Å². The molecule has 0 aliphatic rings. The number of aromatic nitrogens is 1. The second-order valence-corrected chi connectivity index (χ2v) is 5.06. The smallest absolute Gasteiger partial charge is 0.340 e. The number of halogens is 1. The normalized spacial score (nSPS) is 10.5. The number of hydrogen-bond donors (Lipinski definition) is 0. The van der Waals surface area contributed by atoms with Crippen LogP contribution in [0.25, 0.3) is 22.9 Å². The van der Waals surface area contributed by atoms with Crippen LogP contribution >= 0.6 is 12.4 Å². The van der Waals surface area contributed by atoms with Crippen molar-refractivity contribution in [3.63, 3.8) is 0 Å². The zero-order chi connectivity index (χ0) is 16.1. The zero-order valence-corrected chi connectivity index (χ0v) is 14.1. The Hall–Kier alpha value is -2.65. The molecule has 1 heterocycles. The van der Waals surface area contributed by atoms with E-state index in [1.807, 2.05) is 36.4 Å². The number of hydrogen-bond acceptors (Lipinski definition) is 3. The van der Waals surface area contributed by atoms with Gasteiger partial charge in [0.15, 0.2) is 0 Å². The van der Waals surface area contributed by atoms with Gasteiger partial charge in [0.2, 0.25) is 0 Å². The highest BCUT2D eigenvalue weighted by atomic mass is 35.5. The van der Waals surface area contributed by atoms with Crippen LogP contribution in [0, 0.1) is 0 Å². The Bertz CT molecular complexity index is 869. The molecule has 0 saturated heterocycles. The molecule has 122 valence electrons. The molecule has 0 fully saturated rings. The number of pyridine rings is 1. The van der Waals surface area contributed by atoms with E-state index in [-0.39, 0.29) is 18.4 Å². The fraction of sp³-hybridized carbons (Fsp3) is 0.100. The molecule has 0 aliphatic carbocycles. The number of rotatable bonds is 4. The molecule has 0 saturated carbocycles. The van der Waals surface area contributed by atoms with Gasteiger partial charge in [-0.05, 0) is 41.5 Å². The van der Waals surface area contributed by atoms with Crippen LogP contribution in [0.2, 0.25) is 0 Å². The van der Waals surface area contributed by atoms with Crippen molar-refractivity contribution in [3.8, 4) is 0 Å². The fourth-order valence-corrected chi connectivity index (χ4v) is 2.50. The maximum atomic E-state index is 12.0. The molecule has 3 aromatic rings. The summed E-state index contributed by atoms with van der Waals surface area (Å²) in [7, 11) is 0. The molecule has 0 aliphatic heterocycles. The molecule has 24 heavy (non-hydrogen) atoms. The van der Waals surface area contributed by atoms with Crippen LogP contribution in [0.3, 0.4) is 0 Å². The number of nitrogens with zero attached hydrogens (tertiary/aromatic N) is 1. The predicted octanol–water partition coefficient (Wildman–Crippen LogP) is 5.00. The van der Waals surface area contributed by atoms with Gasteiger partial charge in [0, 0.05) is 6.20 Å². The Balaban J connectivity index is 0.00000208. The lowest BCUT2D eigenvalue weighted by molar-refractivity contribution is 0.0525. The highest BCUT2D eigenvalue weighted by molar-refractivity contribution is 5.96. The van der Waals surface area contributed by atoms with Crippen LogP contribution in [-0.2, 0) is 4.74 Å². The fourth-order valence-electron chi connectivity index (χ4n) is 2.50. The van der Waals surface area contributed by atoms with Gasteiger partial charge in [0.25, 0.3) is 0 Å². The van der Waals surface area contributed by atoms with Gasteiger partial charge in [-0.2, -0.15) is 0 Å². The summed E-state index contributed by atoms with van der Waals surface area (Å²) in [6, 6.07) is 17.8. The molecule has 0 N–H and O–H groups in total. The summed E-state index contributed by atoms with van der Waals surface area (Å²) in [6.45, 7) is 2.14. The summed E-state index contributed by atoms with van der Waals surface area (Å²) >= 11 is 0. The van der Waals surface area contributed by atoms with Crippen LogP contribution in [-0.4, -0.2) is 17.6 Å². The lowest BCUT2D eigenvalue weighted by Crippen LogP contribution is -2.07. The number of benzene rings is 2. The summed E-state index contributed by atoms with van der Waals surface area (Å²) in [5.74, 6) is -0.349. The van der Waals surface area contributed by atoms with Gasteiger partial charge >= 0.3 is 5.97 Å². The Morgan fingerprint density at radius 3 is 2.67 bits per heavy atom. The molecular formula is C20H18ClNO2. The number of ether oxygens (including phenoxy) is 1. The highest BCUT2D eigenvalue weighted by Crippen LogP contribution is 2.21. The van der Waals surface area contributed by atoms with E-state index in [2.05, 4.69) is 23.2 Å². The summed E-state index contributed by atoms with van der Waals surface area (Å²) in [5, 5.41) is 2.35. The van der Waals surface area contributed by atoms with Crippen molar-refractivity contribution >= 4 is 41.3 Å². The molecular weight excluding hydrogens is 322 g/mol. The van der Waals surface area contributed by atoms with E-state index in [0.29, 0.717) is 17.9 Å². The Kier molecular flexibility index (Phi) is 6.10. The van der Waals surface area contributed by atoms with E-state index in [9.17, 15) is 4.79 Å². The topological polar surface area (TPSA) is 39.2 Å². The lowest BCUT2D eigenvalue weighted by Gasteiger charge is -2.05. The van der Waals surface area contributed by atoms with E-state index in [1.54, 1.807) is 25.3 Å². The van der Waals surface area contributed by atoms with Gasteiger partial charge < -0.3 is 4.74 Å². The first-order chi connectivity index (χ1) is 11.3. The van der Waals surface area contributed by atoms with Gasteiger partial charge in [0.05, 0.1) is 17.9 Å². The zero-order valence-electron chi connectivity index (χ0n) is 13.3. The third kappa shape index (κ3) is 3.81. The first kappa shape index (κ1) is 17.7. The molecule has 3 rings (SSSR count). The predicted molar refractivity (Wildman–Crippen MR) is 100 cm³/mol. The van der Waals surface area contributed by atoms with Gasteiger partial charge in [-0.3, -0.25) is 4.98 Å². The van der Waals surface area contributed by atoms with Crippen molar-refractivity contribution in [2.45, 2.75) is 6.92 Å². The summed E-state index contributed by atoms with van der Waals surface area (Å²) in [4.78, 5) is 16.3. The van der Waals surface area contributed by atoms with Crippen LogP contribution in [0.4, 0.5) is 0 Å². The van der Waals surface area contributed by atoms with Crippen LogP contribution < -0.4 is 0 Å². The van der Waals surface area contributed by atoms with Crippen molar-refractivity contribution < 1.29 is 9.53 Å². The molecule has 1 aromatic heterocycles. The highest BCUT2D eigenvalue weighted by Gasteiger charge is 2.10. The molecule has 3 nitrogen and oxygen atoms in total. The molecule has 0 atom stereocenters. The van der Waals surface area contributed by atoms with Crippen molar-refractivity contribution in [3.05, 3.63) is 77.6 Å². The molecule has 0 amide bonds. The number of esters is 1. The first-order valence-electron chi connectivity index (χ1n) is 7.57. The maximum absolute atomic E-state index is 12.0. The van der Waals surface area contributed by atoms with E-state index in [4.69, 9.17) is 4.74 Å². The minimum absolute atomic E-state index is 0. The Morgan fingerprint density at radius 1 is 1.04 bits per heavy atom. The Labute approximate surface area is 147 Å². The standard InChI is InChI=1S/C20H17NO2.ClH/c1-2-23-20(22)18-11-6-14-21-19(18)13-12-16-9-5-8-15-7-3-4-10-17(15)16;/h3-14H,2H2,1H3;1H/b13-12+;. The summed E-state index contributed by atoms with van der Waals surface area (Å²) < 4.78 is 5.08. The Morgan fingerprint density at radius 2 is 1.83 bits per heavy atom. The van der Waals surface area contributed by atoms with Gasteiger partial charge in [-0.15, -0.1) is 12.4 Å². The van der Waals surface area contributed by atoms with Crippen molar-refractivity contribution in [2.75, 3.05) is 6.61 Å². The first-order valence-corrected chi connectivity index (χ1v) is 7.57. The molecule has 0 unspecified atom stereocenters. The molecule has 2 aromatic carbocycles. The van der Waals surface area contributed by atoms with E-state index in [0.717, 1.165) is 5.56 Å². The summed E-state index contributed by atoms with van der Waals surface area (Å²) in [6.07, 6.45) is 5.51. The van der Waals surface area contributed by atoms with Gasteiger partial charge in [-0.25, -0.2) is 4.79 Å². The summed E-state index contributed by atoms with van der Waals surface area (Å²) in [5.41, 5.74) is 2.17. The van der Waals surface area contributed by atoms with Crippen LogP contribution in [0.1, 0.15) is 28.5 Å². The second kappa shape index (κ2) is 8.27. The van der Waals surface area contributed by atoms with Gasteiger partial charge in [-0.1, -0.05) is 48.5 Å². The molecule has 4 heteroatoms. The third-order valence-corrected chi connectivity index (χ3v) is 3.58. The quantitative estimate of drug-likeness (QED) is 0.628. The molecule has 0 spiro atoms. The van der Waals surface area contributed by atoms with Crippen molar-refractivity contribution in [1.29, 1.82) is 0 Å². The van der Waals surface area contributed by atoms with E-state index in [1.165, 1.54) is 10.8 Å². The average Bonchev–Trinajstić information content (AvgIpc) is 2.60. The number of carbonyl (C=O) groups excluding carboxylic acids is 1.